The van der Waals surface area contributed by atoms with E-state index in [4.69, 9.17) is 0 Å². The van der Waals surface area contributed by atoms with Crippen LogP contribution < -0.4 is 5.32 Å². The maximum Gasteiger partial charge on any atom is 0.242 e. The van der Waals surface area contributed by atoms with Crippen molar-refractivity contribution in [3.05, 3.63) is 70.8 Å². The van der Waals surface area contributed by atoms with Crippen LogP contribution in [0.5, 0.6) is 0 Å². The summed E-state index contributed by atoms with van der Waals surface area (Å²) in [7, 11) is 0. The molecule has 0 bridgehead atoms. The summed E-state index contributed by atoms with van der Waals surface area (Å²) in [4.78, 5) is 27.5. The second kappa shape index (κ2) is 11.1. The van der Waals surface area contributed by atoms with Gasteiger partial charge >= 0.3 is 0 Å². The van der Waals surface area contributed by atoms with Crippen LogP contribution in [0.25, 0.3) is 0 Å². The van der Waals surface area contributed by atoms with Crippen LogP contribution in [0.4, 0.5) is 0 Å². The summed E-state index contributed by atoms with van der Waals surface area (Å²) in [6.45, 7) is 13.5. The Kier molecular flexibility index (Phi) is 8.85. The lowest BCUT2D eigenvalue weighted by Gasteiger charge is -2.29. The zero-order valence-corrected chi connectivity index (χ0v) is 20.0. The van der Waals surface area contributed by atoms with Crippen molar-refractivity contribution in [2.75, 3.05) is 6.54 Å². The Bertz CT molecular complexity index is 848. The third-order valence-electron chi connectivity index (χ3n) is 5.64. The smallest absolute Gasteiger partial charge is 0.242 e. The van der Waals surface area contributed by atoms with Crippen LogP contribution >= 0.6 is 0 Å². The van der Waals surface area contributed by atoms with Gasteiger partial charge in [-0.15, -0.1) is 0 Å². The van der Waals surface area contributed by atoms with Gasteiger partial charge < -0.3 is 10.2 Å². The Labute approximate surface area is 188 Å². The number of hydrogen-bond acceptors (Lipinski definition) is 2. The summed E-state index contributed by atoms with van der Waals surface area (Å²) < 4.78 is 0. The van der Waals surface area contributed by atoms with E-state index in [0.717, 1.165) is 17.5 Å². The first-order chi connectivity index (χ1) is 14.6. The van der Waals surface area contributed by atoms with E-state index < -0.39 is 6.04 Å². The van der Waals surface area contributed by atoms with Gasteiger partial charge in [-0.2, -0.15) is 0 Å². The van der Waals surface area contributed by atoms with Gasteiger partial charge in [0.05, 0.1) is 0 Å². The third-order valence-corrected chi connectivity index (χ3v) is 5.64. The largest absolute Gasteiger partial charge is 0.354 e. The molecule has 2 aromatic rings. The molecule has 0 aromatic heterocycles. The highest BCUT2D eigenvalue weighted by Gasteiger charge is 2.25. The Balaban J connectivity index is 2.10. The fourth-order valence-electron chi connectivity index (χ4n) is 3.44. The fourth-order valence-corrected chi connectivity index (χ4v) is 3.44. The Morgan fingerprint density at radius 1 is 0.968 bits per heavy atom. The predicted octanol–water partition coefficient (Wildman–Crippen LogP) is 5.17. The number of amides is 2. The predicted molar refractivity (Wildman–Crippen MR) is 128 cm³/mol. The van der Waals surface area contributed by atoms with Crippen molar-refractivity contribution < 1.29 is 9.59 Å². The van der Waals surface area contributed by atoms with Gasteiger partial charge in [0.2, 0.25) is 11.8 Å². The molecule has 0 saturated carbocycles. The van der Waals surface area contributed by atoms with E-state index in [1.807, 2.05) is 45.0 Å². The van der Waals surface area contributed by atoms with Crippen molar-refractivity contribution in [2.24, 2.45) is 0 Å². The van der Waals surface area contributed by atoms with E-state index in [1.165, 1.54) is 11.1 Å². The first-order valence-electron chi connectivity index (χ1n) is 11.3. The Morgan fingerprint density at radius 2 is 1.55 bits per heavy atom. The SMILES string of the molecule is CCCNC(=O)[C@@H](C)N(Cc1ccc(C)cc1)C(=O)CCc1ccc(C(C)(C)C)cc1. The average Bonchev–Trinajstić information content (AvgIpc) is 2.74. The number of benzene rings is 2. The molecule has 0 fully saturated rings. The van der Waals surface area contributed by atoms with Crippen molar-refractivity contribution in [2.45, 2.75) is 78.8 Å². The molecule has 0 unspecified atom stereocenters. The highest BCUT2D eigenvalue weighted by Crippen LogP contribution is 2.22. The van der Waals surface area contributed by atoms with Crippen LogP contribution in [0, 0.1) is 6.92 Å². The summed E-state index contributed by atoms with van der Waals surface area (Å²) in [5.41, 5.74) is 4.74. The molecule has 4 nitrogen and oxygen atoms in total. The standard InChI is InChI=1S/C27H38N2O2/c1-7-18-28-26(31)21(3)29(19-23-10-8-20(2)9-11-23)25(30)17-14-22-12-15-24(16-13-22)27(4,5)6/h8-13,15-16,21H,7,14,17-19H2,1-6H3,(H,28,31)/t21-/m1/s1. The van der Waals surface area contributed by atoms with Crippen molar-refractivity contribution in [3.63, 3.8) is 0 Å². The second-order valence-corrected chi connectivity index (χ2v) is 9.42. The molecule has 168 valence electrons. The van der Waals surface area contributed by atoms with Gasteiger partial charge in [-0.1, -0.05) is 81.8 Å². The molecule has 0 aliphatic carbocycles. The van der Waals surface area contributed by atoms with Crippen molar-refractivity contribution in [1.82, 2.24) is 10.2 Å². The number of hydrogen-bond donors (Lipinski definition) is 1. The Morgan fingerprint density at radius 3 is 2.10 bits per heavy atom. The van der Waals surface area contributed by atoms with E-state index in [0.29, 0.717) is 25.9 Å². The van der Waals surface area contributed by atoms with Gasteiger partial charge in [-0.05, 0) is 48.8 Å². The lowest BCUT2D eigenvalue weighted by molar-refractivity contribution is -0.140. The van der Waals surface area contributed by atoms with Gasteiger partial charge in [0, 0.05) is 19.5 Å². The molecule has 2 aromatic carbocycles. The molecule has 2 amide bonds. The normalized spacial score (nSPS) is 12.3. The summed E-state index contributed by atoms with van der Waals surface area (Å²) in [6.07, 6.45) is 1.91. The minimum Gasteiger partial charge on any atom is -0.354 e. The molecule has 0 saturated heterocycles. The molecular formula is C27H38N2O2. The molecule has 1 atom stereocenters. The lowest BCUT2D eigenvalue weighted by Crippen LogP contribution is -2.47. The zero-order valence-electron chi connectivity index (χ0n) is 20.0. The molecule has 2 rings (SSSR count). The van der Waals surface area contributed by atoms with E-state index in [2.05, 4.69) is 50.4 Å². The third kappa shape index (κ3) is 7.54. The quantitative estimate of drug-likeness (QED) is 0.606. The monoisotopic (exact) mass is 422 g/mol. The summed E-state index contributed by atoms with van der Waals surface area (Å²) in [6, 6.07) is 16.1. The maximum absolute atomic E-state index is 13.2. The van der Waals surface area contributed by atoms with Gasteiger partial charge in [-0.25, -0.2) is 0 Å². The minimum absolute atomic E-state index is 0.000351. The molecule has 0 radical (unpaired) electrons. The highest BCUT2D eigenvalue weighted by molar-refractivity contribution is 5.87. The van der Waals surface area contributed by atoms with Crippen molar-refractivity contribution >= 4 is 11.8 Å². The first-order valence-corrected chi connectivity index (χ1v) is 11.3. The maximum atomic E-state index is 13.2. The summed E-state index contributed by atoms with van der Waals surface area (Å²) in [5.74, 6) is -0.100. The van der Waals surface area contributed by atoms with Crippen LogP contribution in [-0.4, -0.2) is 29.3 Å². The molecule has 0 heterocycles. The number of carbonyl (C=O) groups excluding carboxylic acids is 2. The van der Waals surface area contributed by atoms with Crippen LogP contribution in [0.15, 0.2) is 48.5 Å². The van der Waals surface area contributed by atoms with Crippen LogP contribution in [0.2, 0.25) is 0 Å². The van der Waals surface area contributed by atoms with Crippen LogP contribution in [0.1, 0.15) is 69.7 Å². The molecule has 0 aliphatic rings. The second-order valence-electron chi connectivity index (χ2n) is 9.42. The number of nitrogens with zero attached hydrogens (tertiary/aromatic N) is 1. The van der Waals surface area contributed by atoms with Crippen molar-refractivity contribution in [1.29, 1.82) is 0 Å². The molecule has 31 heavy (non-hydrogen) atoms. The van der Waals surface area contributed by atoms with Crippen LogP contribution in [-0.2, 0) is 28.0 Å². The highest BCUT2D eigenvalue weighted by atomic mass is 16.2. The van der Waals surface area contributed by atoms with E-state index in [9.17, 15) is 9.59 Å². The van der Waals surface area contributed by atoms with Crippen molar-refractivity contribution in [3.8, 4) is 0 Å². The van der Waals surface area contributed by atoms with E-state index in [-0.39, 0.29) is 17.2 Å². The number of rotatable bonds is 9. The van der Waals surface area contributed by atoms with Gasteiger partial charge in [0.25, 0.3) is 0 Å². The van der Waals surface area contributed by atoms with Gasteiger partial charge in [0.1, 0.15) is 6.04 Å². The summed E-state index contributed by atoms with van der Waals surface area (Å²) >= 11 is 0. The molecule has 0 spiro atoms. The van der Waals surface area contributed by atoms with Gasteiger partial charge in [-0.3, -0.25) is 9.59 Å². The molecule has 0 aliphatic heterocycles. The summed E-state index contributed by atoms with van der Waals surface area (Å²) in [5, 5.41) is 2.92. The lowest BCUT2D eigenvalue weighted by atomic mass is 9.86. The minimum atomic E-state index is -0.511. The molecule has 4 heteroatoms. The molecular weight excluding hydrogens is 384 g/mol. The van der Waals surface area contributed by atoms with E-state index >= 15 is 0 Å². The van der Waals surface area contributed by atoms with Gasteiger partial charge in [0.15, 0.2) is 0 Å². The van der Waals surface area contributed by atoms with E-state index in [1.54, 1.807) is 4.90 Å². The number of aryl methyl sites for hydroxylation is 2. The zero-order chi connectivity index (χ0) is 23.0. The number of carbonyl (C=O) groups is 2. The Hall–Kier alpha value is -2.62. The molecule has 1 N–H and O–H groups in total. The average molecular weight is 423 g/mol. The van der Waals surface area contributed by atoms with Crippen LogP contribution in [0.3, 0.4) is 0 Å². The number of nitrogens with one attached hydrogen (secondary N) is 1. The fraction of sp³-hybridized carbons (Fsp3) is 0.481. The topological polar surface area (TPSA) is 49.4 Å². The first kappa shape index (κ1) is 24.6.